The van der Waals surface area contributed by atoms with Gasteiger partial charge in [-0.1, -0.05) is 114 Å². The molecule has 2 atom stereocenters. The predicted octanol–water partition coefficient (Wildman–Crippen LogP) is 6.27. The number of carbonyl (C=O) groups excluding carboxylic acids is 4. The maximum Gasteiger partial charge on any atom is 0.243 e. The lowest BCUT2D eigenvalue weighted by atomic mass is 9.62. The molecule has 0 saturated heterocycles. The van der Waals surface area contributed by atoms with E-state index in [1.165, 1.54) is 27.7 Å². The molecule has 0 fully saturated rings. The van der Waals surface area contributed by atoms with E-state index in [4.69, 9.17) is 14.9 Å². The molecule has 10 heteroatoms. The smallest absolute Gasteiger partial charge is 0.243 e. The molecule has 2 amide bonds. The van der Waals surface area contributed by atoms with Gasteiger partial charge in [0.2, 0.25) is 12.3 Å². The average molecular weight is 734 g/mol. The van der Waals surface area contributed by atoms with E-state index in [0.29, 0.717) is 13.0 Å². The lowest BCUT2D eigenvalue weighted by molar-refractivity contribution is -0.128. The number of Topliss-reactive ketones (excluding diaryl/α,β-unsaturated/α-hetero) is 1. The minimum Gasteiger partial charge on any atom is -0.400 e. The molecule has 3 rings (SSSR count). The zero-order chi connectivity index (χ0) is 41.0. The fraction of sp³-hybridized carbons (Fsp3) is 0.488. The van der Waals surface area contributed by atoms with E-state index >= 15 is 0 Å². The van der Waals surface area contributed by atoms with Crippen LogP contribution < -0.4 is 16.1 Å². The van der Waals surface area contributed by atoms with Crippen molar-refractivity contribution < 1.29 is 34.1 Å². The fourth-order valence-corrected chi connectivity index (χ4v) is 4.49. The number of aryl methyl sites for hydroxylation is 4. The van der Waals surface area contributed by atoms with E-state index in [1.54, 1.807) is 0 Å². The second-order valence-electron chi connectivity index (χ2n) is 14.2. The van der Waals surface area contributed by atoms with Crippen molar-refractivity contribution in [2.75, 3.05) is 20.8 Å². The quantitative estimate of drug-likeness (QED) is 0.0820. The molecule has 0 spiro atoms. The van der Waals surface area contributed by atoms with E-state index in [-0.39, 0.29) is 36.1 Å². The summed E-state index contributed by atoms with van der Waals surface area (Å²) in [6.45, 7) is 20.2. The minimum atomic E-state index is -0.702. The highest BCUT2D eigenvalue weighted by molar-refractivity contribution is 6.53. The molecule has 0 aliphatic heterocycles. The lowest BCUT2D eigenvalue weighted by Gasteiger charge is -2.31. The van der Waals surface area contributed by atoms with Crippen LogP contribution in [0.25, 0.3) is 0 Å². The van der Waals surface area contributed by atoms with Crippen molar-refractivity contribution in [2.24, 2.45) is 5.92 Å². The van der Waals surface area contributed by atoms with Crippen LogP contribution in [0.4, 0.5) is 0 Å². The summed E-state index contributed by atoms with van der Waals surface area (Å²) in [5, 5.41) is 19.2. The van der Waals surface area contributed by atoms with Gasteiger partial charge in [0.1, 0.15) is 12.3 Å². The van der Waals surface area contributed by atoms with Crippen LogP contribution in [0.2, 0.25) is 6.32 Å². The molecular formula is C43H66BN2O7. The monoisotopic (exact) mass is 733 g/mol. The van der Waals surface area contributed by atoms with Gasteiger partial charge in [-0.05, 0) is 75.2 Å². The van der Waals surface area contributed by atoms with Crippen LogP contribution in [-0.2, 0) is 19.1 Å². The van der Waals surface area contributed by atoms with Gasteiger partial charge in [0.05, 0.1) is 17.7 Å². The third-order valence-electron chi connectivity index (χ3n) is 7.62. The Balaban J connectivity index is 0. The Kier molecular flexibility index (Phi) is 27.3. The predicted molar refractivity (Wildman–Crippen MR) is 219 cm³/mol. The Morgan fingerprint density at radius 1 is 0.755 bits per heavy atom. The molecule has 0 heterocycles. The molecule has 3 aromatic carbocycles. The topological polar surface area (TPSA) is 142 Å². The number of rotatable bonds is 15. The number of aliphatic hydroxyl groups excluding tert-OH is 2. The SMILES string of the molecule is CC(C)(COC(C)(C)C)NC(=O)[C@H](CCC=O)NC=O.CCC(C[B]c1ccc(C)cc1)C(=O)c1ccc(C)cc1.CO.CO.Cc1ccc(C)cc1. The third-order valence-corrected chi connectivity index (χ3v) is 7.62. The Bertz CT molecular complexity index is 1400. The highest BCUT2D eigenvalue weighted by atomic mass is 16.5. The fourth-order valence-electron chi connectivity index (χ4n) is 4.49. The Labute approximate surface area is 320 Å². The molecule has 9 nitrogen and oxygen atoms in total. The highest BCUT2D eigenvalue weighted by Crippen LogP contribution is 2.17. The van der Waals surface area contributed by atoms with Crippen molar-refractivity contribution in [2.45, 2.75) is 112 Å². The van der Waals surface area contributed by atoms with Crippen molar-refractivity contribution in [3.05, 3.63) is 101 Å². The van der Waals surface area contributed by atoms with Gasteiger partial charge >= 0.3 is 0 Å². The maximum atomic E-state index is 12.5. The van der Waals surface area contributed by atoms with Gasteiger partial charge in [-0.3, -0.25) is 14.4 Å². The van der Waals surface area contributed by atoms with Gasteiger partial charge in [-0.2, -0.15) is 0 Å². The number of aldehydes is 1. The van der Waals surface area contributed by atoms with Crippen LogP contribution in [0.1, 0.15) is 93.4 Å². The number of benzene rings is 3. The second kappa shape index (κ2) is 28.4. The number of nitrogens with one attached hydrogen (secondary N) is 2. The van der Waals surface area contributed by atoms with Crippen LogP contribution in [0, 0.1) is 33.6 Å². The summed E-state index contributed by atoms with van der Waals surface area (Å²) in [5.41, 5.74) is 6.27. The third kappa shape index (κ3) is 24.7. The summed E-state index contributed by atoms with van der Waals surface area (Å²) in [6, 6.07) is 24.1. The largest absolute Gasteiger partial charge is 0.400 e. The van der Waals surface area contributed by atoms with Crippen molar-refractivity contribution >= 4 is 37.1 Å². The summed E-state index contributed by atoms with van der Waals surface area (Å²) < 4.78 is 5.66. The number of amides is 2. The van der Waals surface area contributed by atoms with Crippen LogP contribution in [0.15, 0.2) is 72.8 Å². The number of hydrogen-bond acceptors (Lipinski definition) is 7. The van der Waals surface area contributed by atoms with Gasteiger partial charge in [0.25, 0.3) is 0 Å². The van der Waals surface area contributed by atoms with Crippen LogP contribution in [0.5, 0.6) is 0 Å². The first-order chi connectivity index (χ1) is 25.0. The number of ketones is 1. The second-order valence-corrected chi connectivity index (χ2v) is 14.2. The van der Waals surface area contributed by atoms with Gasteiger partial charge < -0.3 is 30.4 Å². The Morgan fingerprint density at radius 3 is 1.58 bits per heavy atom. The molecule has 0 aliphatic carbocycles. The van der Waals surface area contributed by atoms with Crippen molar-refractivity contribution in [3.8, 4) is 0 Å². The average Bonchev–Trinajstić information content (AvgIpc) is 3.13. The lowest BCUT2D eigenvalue weighted by Crippen LogP contribution is -2.54. The van der Waals surface area contributed by atoms with Crippen molar-refractivity contribution in [1.82, 2.24) is 10.6 Å². The number of aliphatic hydroxyl groups is 2. The molecule has 53 heavy (non-hydrogen) atoms. The molecule has 0 aromatic heterocycles. The summed E-state index contributed by atoms with van der Waals surface area (Å²) in [4.78, 5) is 45.5. The van der Waals surface area contributed by atoms with E-state index < -0.39 is 11.6 Å². The first kappa shape index (κ1) is 51.0. The van der Waals surface area contributed by atoms with Crippen LogP contribution in [0.3, 0.4) is 0 Å². The summed E-state index contributed by atoms with van der Waals surface area (Å²) in [5.74, 6) is -0.00340. The zero-order valence-electron chi connectivity index (χ0n) is 34.3. The van der Waals surface area contributed by atoms with E-state index in [1.807, 2.05) is 65.8 Å². The molecule has 3 aromatic rings. The van der Waals surface area contributed by atoms with Gasteiger partial charge in [-0.15, -0.1) is 0 Å². The van der Waals surface area contributed by atoms with Crippen LogP contribution >= 0.6 is 0 Å². The standard InChI is InChI=1S/C19H22BO.C14H26N2O4.C8H10.2CH4O/c1-4-16(13-20-18-11-7-15(3)8-12-18)19(21)17-9-5-14(2)6-10-17;1-13(2,3)20-9-14(4,5)16-12(19)11(15-10-18)7-6-8-17;1-7-3-5-8(2)6-4-7;2*1-2/h5-12,16H,4,13H2,1-3H3;8,10-11H,6-7,9H2,1-5H3,(H,15,18)(H,16,19);3-6H,1-2H3;2*2H,1H3/t;11-;;;/m.0.../s1. The minimum absolute atomic E-state index is 0.0639. The van der Waals surface area contributed by atoms with Gasteiger partial charge in [0, 0.05) is 32.1 Å². The van der Waals surface area contributed by atoms with Gasteiger partial charge in [0.15, 0.2) is 13.1 Å². The molecule has 0 bridgehead atoms. The van der Waals surface area contributed by atoms with Gasteiger partial charge in [-0.25, -0.2) is 0 Å². The maximum absolute atomic E-state index is 12.5. The molecule has 293 valence electrons. The Hall–Kier alpha value is -4.12. The van der Waals surface area contributed by atoms with Crippen LogP contribution in [-0.4, -0.2) is 79.9 Å². The molecule has 1 unspecified atom stereocenters. The van der Waals surface area contributed by atoms with E-state index in [9.17, 15) is 19.2 Å². The number of carbonyl (C=O) groups is 4. The normalized spacial score (nSPS) is 11.4. The molecule has 1 radical (unpaired) electrons. The molecule has 4 N–H and O–H groups in total. The van der Waals surface area contributed by atoms with Crippen molar-refractivity contribution in [3.63, 3.8) is 0 Å². The first-order valence-corrected chi connectivity index (χ1v) is 18.0. The highest BCUT2D eigenvalue weighted by Gasteiger charge is 2.27. The molecular weight excluding hydrogens is 667 g/mol. The van der Waals surface area contributed by atoms with Crippen molar-refractivity contribution in [1.29, 1.82) is 0 Å². The zero-order valence-corrected chi connectivity index (χ0v) is 34.3. The molecule has 0 aliphatic rings. The first-order valence-electron chi connectivity index (χ1n) is 18.0. The number of ether oxygens (including phenoxy) is 1. The number of hydrogen-bond donors (Lipinski definition) is 4. The summed E-state index contributed by atoms with van der Waals surface area (Å²) in [7, 11) is 4.17. The molecule has 0 saturated carbocycles. The van der Waals surface area contributed by atoms with E-state index in [0.717, 1.165) is 38.8 Å². The Morgan fingerprint density at radius 2 is 1.19 bits per heavy atom. The summed E-state index contributed by atoms with van der Waals surface area (Å²) >= 11 is 0. The van der Waals surface area contributed by atoms with E-state index in [2.05, 4.69) is 94.1 Å². The summed E-state index contributed by atoms with van der Waals surface area (Å²) in [6.07, 6.45) is 3.36.